The first kappa shape index (κ1) is 9.36. The molecule has 0 aromatic rings. The van der Waals surface area contributed by atoms with Crippen LogP contribution in [0.1, 0.15) is 0 Å². The molecule has 0 bridgehead atoms. The Hall–Kier alpha value is 0.980. The van der Waals surface area contributed by atoms with Crippen molar-refractivity contribution in [1.82, 2.24) is 0 Å². The number of aliphatic hydroxyl groups excluding tert-OH is 1. The number of aliphatic hydroxyl groups is 1. The molecular weight excluding hydrogens is 99.1 g/mol. The van der Waals surface area contributed by atoms with Gasteiger partial charge in [-0.1, -0.05) is 0 Å². The van der Waals surface area contributed by atoms with Crippen LogP contribution in [-0.2, 0) is 15.9 Å². The summed E-state index contributed by atoms with van der Waals surface area (Å²) in [6, 6.07) is 0. The second-order valence-electron chi connectivity index (χ2n) is 0.247. The van der Waals surface area contributed by atoms with Crippen molar-refractivity contribution in [3.63, 3.8) is 0 Å². The average Bonchev–Trinajstić information content (AvgIpc) is 1.37. The monoisotopic (exact) mass is 103 g/mol. The van der Waals surface area contributed by atoms with E-state index in [9.17, 15) is 0 Å². The minimum atomic E-state index is -0.319. The maximum absolute atomic E-state index is 8.97. The van der Waals surface area contributed by atoms with E-state index in [-0.39, 0.29) is 47.2 Å². The molecule has 0 aliphatic heterocycles. The molecule has 4 heteroatoms. The van der Waals surface area contributed by atoms with Gasteiger partial charge >= 0.3 is 47.2 Å². The molecule has 0 heterocycles. The van der Waals surface area contributed by atoms with E-state index in [4.69, 9.17) is 9.32 Å². The van der Waals surface area contributed by atoms with E-state index in [0.717, 1.165) is 0 Å². The van der Waals surface area contributed by atoms with Crippen molar-refractivity contribution >= 4 is 41.2 Å². The van der Waals surface area contributed by atoms with E-state index in [2.05, 4.69) is 0 Å². The average molecular weight is 103 g/mol. The SMILES string of the molecule is O=[S+]CO.[NaH]. The predicted molar refractivity (Wildman–Crippen MR) is 22.3 cm³/mol. The van der Waals surface area contributed by atoms with E-state index in [1.54, 1.807) is 0 Å². The van der Waals surface area contributed by atoms with Crippen LogP contribution in [0.15, 0.2) is 0 Å². The summed E-state index contributed by atoms with van der Waals surface area (Å²) in [5.41, 5.74) is 0. The Morgan fingerprint density at radius 3 is 2.00 bits per heavy atom. The molecule has 0 aliphatic rings. The summed E-state index contributed by atoms with van der Waals surface area (Å²) >= 11 is 0.162. The summed E-state index contributed by atoms with van der Waals surface area (Å²) in [5, 5.41) is 7.53. The van der Waals surface area contributed by atoms with Crippen LogP contribution in [0.25, 0.3) is 0 Å². The number of hydrogen-bond acceptors (Lipinski definition) is 2. The van der Waals surface area contributed by atoms with E-state index < -0.39 is 0 Å². The van der Waals surface area contributed by atoms with Gasteiger partial charge in [-0.2, -0.15) is 0 Å². The Kier molecular flexibility index (Phi) is 16.6. The predicted octanol–water partition coefficient (Wildman–Crippen LogP) is -1.28. The normalized spacial score (nSPS) is 5.00. The molecule has 0 radical (unpaired) electrons. The molecule has 5 heavy (non-hydrogen) atoms. The third kappa shape index (κ3) is 11.3. The molecule has 0 aromatic carbocycles. The Bertz CT molecular complexity index is 23.6. The molecule has 0 aliphatic carbocycles. The van der Waals surface area contributed by atoms with Gasteiger partial charge in [0.2, 0.25) is 0 Å². The molecule has 0 fully saturated rings. The molecule has 0 rings (SSSR count). The molecule has 2 nitrogen and oxygen atoms in total. The van der Waals surface area contributed by atoms with Gasteiger partial charge in [0.05, 0.1) is 0 Å². The zero-order chi connectivity index (χ0) is 3.41. The minimum absolute atomic E-state index is 0. The summed E-state index contributed by atoms with van der Waals surface area (Å²) < 4.78 is 8.97. The molecular formula is CH4NaO2S+. The van der Waals surface area contributed by atoms with Crippen LogP contribution in [-0.4, -0.2) is 40.6 Å². The summed E-state index contributed by atoms with van der Waals surface area (Å²) in [6.07, 6.45) is 0. The van der Waals surface area contributed by atoms with E-state index >= 15 is 0 Å². The number of rotatable bonds is 1. The molecule has 1 N–H and O–H groups in total. The maximum atomic E-state index is 8.97. The molecule has 26 valence electrons. The quantitative estimate of drug-likeness (QED) is 0.255. The van der Waals surface area contributed by atoms with Crippen molar-refractivity contribution in [3.05, 3.63) is 0 Å². The topological polar surface area (TPSA) is 37.3 Å². The first-order chi connectivity index (χ1) is 1.91. The van der Waals surface area contributed by atoms with Crippen LogP contribution >= 0.6 is 0 Å². The van der Waals surface area contributed by atoms with Crippen LogP contribution in [0, 0.1) is 0 Å². The standard InChI is InChI=1S/CH3O2S.Na.H/c2-1-4-3;;/h2H,1H2;;/q+1;;. The summed E-state index contributed by atoms with van der Waals surface area (Å²) in [6.45, 7) is 0. The zero-order valence-electron chi connectivity index (χ0n) is 1.97. The van der Waals surface area contributed by atoms with E-state index in [1.165, 1.54) is 0 Å². The van der Waals surface area contributed by atoms with Crippen molar-refractivity contribution in [1.29, 1.82) is 0 Å². The molecule has 0 amide bonds. The summed E-state index contributed by atoms with van der Waals surface area (Å²) in [7, 11) is 0. The Morgan fingerprint density at radius 1 is 1.80 bits per heavy atom. The molecule has 0 aromatic heterocycles. The molecule has 0 saturated heterocycles. The summed E-state index contributed by atoms with van der Waals surface area (Å²) in [4.78, 5) is 0. The Morgan fingerprint density at radius 2 is 2.00 bits per heavy atom. The van der Waals surface area contributed by atoms with Gasteiger partial charge in [0.15, 0.2) is 0 Å². The molecule has 0 saturated carbocycles. The van der Waals surface area contributed by atoms with Crippen LogP contribution < -0.4 is 0 Å². The van der Waals surface area contributed by atoms with Gasteiger partial charge < -0.3 is 5.11 Å². The number of hydrogen-bond donors (Lipinski definition) is 1. The van der Waals surface area contributed by atoms with Crippen molar-refractivity contribution in [2.24, 2.45) is 0 Å². The van der Waals surface area contributed by atoms with Crippen LogP contribution in [0.2, 0.25) is 0 Å². The first-order valence-electron chi connectivity index (χ1n) is 0.772. The fourth-order valence-corrected chi connectivity index (χ4v) is 0. The first-order valence-corrected chi connectivity index (χ1v) is 1.68. The molecule has 0 spiro atoms. The van der Waals surface area contributed by atoms with Gasteiger partial charge in [0.25, 0.3) is 0 Å². The molecule has 0 unspecified atom stereocenters. The third-order valence-corrected chi connectivity index (χ3v) is 0.158. The van der Waals surface area contributed by atoms with Crippen molar-refractivity contribution in [2.45, 2.75) is 0 Å². The van der Waals surface area contributed by atoms with Gasteiger partial charge in [0, 0.05) is 4.21 Å². The van der Waals surface area contributed by atoms with Gasteiger partial charge in [-0.3, -0.25) is 0 Å². The summed E-state index contributed by atoms with van der Waals surface area (Å²) in [5.74, 6) is -0.319. The fraction of sp³-hybridized carbons (Fsp3) is 1.00. The van der Waals surface area contributed by atoms with E-state index in [0.29, 0.717) is 0 Å². The van der Waals surface area contributed by atoms with Crippen molar-refractivity contribution in [2.75, 3.05) is 5.94 Å². The zero-order valence-corrected chi connectivity index (χ0v) is 2.79. The van der Waals surface area contributed by atoms with Gasteiger partial charge in [0.1, 0.15) is 0 Å². The second-order valence-corrected chi connectivity index (χ2v) is 0.741. The Labute approximate surface area is 56.4 Å². The van der Waals surface area contributed by atoms with Gasteiger partial charge in [-0.05, 0) is 0 Å². The van der Waals surface area contributed by atoms with Crippen LogP contribution in [0.4, 0.5) is 0 Å². The molecule has 0 atom stereocenters. The van der Waals surface area contributed by atoms with Crippen LogP contribution in [0.3, 0.4) is 0 Å². The van der Waals surface area contributed by atoms with Gasteiger partial charge in [-0.15, -0.1) is 0 Å². The van der Waals surface area contributed by atoms with Gasteiger partial charge in [-0.25, -0.2) is 0 Å². The fourth-order valence-electron chi connectivity index (χ4n) is 0. The van der Waals surface area contributed by atoms with E-state index in [1.807, 2.05) is 0 Å². The third-order valence-electron chi connectivity index (χ3n) is 0.0527. The Balaban J connectivity index is 0. The van der Waals surface area contributed by atoms with Crippen molar-refractivity contribution in [3.8, 4) is 0 Å². The van der Waals surface area contributed by atoms with Crippen LogP contribution in [0.5, 0.6) is 0 Å². The van der Waals surface area contributed by atoms with Crippen molar-refractivity contribution < 1.29 is 9.32 Å². The second kappa shape index (κ2) is 8.88.